The van der Waals surface area contributed by atoms with Crippen molar-refractivity contribution in [1.82, 2.24) is 9.80 Å². The van der Waals surface area contributed by atoms with Crippen LogP contribution in [0.2, 0.25) is 0 Å². The number of morpholine rings is 1. The van der Waals surface area contributed by atoms with Gasteiger partial charge < -0.3 is 14.7 Å². The molecule has 1 aliphatic rings. The van der Waals surface area contributed by atoms with E-state index in [4.69, 9.17) is 4.74 Å². The van der Waals surface area contributed by atoms with Gasteiger partial charge in [0.2, 0.25) is 0 Å². The van der Waals surface area contributed by atoms with Gasteiger partial charge in [0, 0.05) is 33.2 Å². The number of hydrogen-bond donors (Lipinski definition) is 1. The smallest absolute Gasteiger partial charge is 0.256 e. The Morgan fingerprint density at radius 3 is 2.77 bits per heavy atom. The van der Waals surface area contributed by atoms with Crippen molar-refractivity contribution in [2.45, 2.75) is 13.0 Å². The number of rotatable bonds is 5. The van der Waals surface area contributed by atoms with Crippen LogP contribution in [-0.2, 0) is 4.74 Å². The van der Waals surface area contributed by atoms with Crippen LogP contribution in [0.4, 0.5) is 4.39 Å². The Labute approximate surface area is 130 Å². The molecule has 1 saturated heterocycles. The van der Waals surface area contributed by atoms with Crippen LogP contribution in [0.25, 0.3) is 0 Å². The number of aliphatic hydroxyl groups is 1. The summed E-state index contributed by atoms with van der Waals surface area (Å²) >= 11 is 0. The molecule has 0 aromatic heterocycles. The molecule has 6 heteroatoms. The lowest BCUT2D eigenvalue weighted by molar-refractivity contribution is 0.00874. The molecule has 5 nitrogen and oxygen atoms in total. The summed E-state index contributed by atoms with van der Waals surface area (Å²) in [4.78, 5) is 15.7. The number of aryl methyl sites for hydroxylation is 1. The number of ether oxygens (including phenoxy) is 1. The summed E-state index contributed by atoms with van der Waals surface area (Å²) in [6.07, 6.45) is -0.666. The molecular formula is C16H23FN2O3. The molecule has 1 aromatic carbocycles. The summed E-state index contributed by atoms with van der Waals surface area (Å²) in [5, 5.41) is 10.1. The number of benzene rings is 1. The maximum Gasteiger partial charge on any atom is 0.256 e. The van der Waals surface area contributed by atoms with Crippen molar-refractivity contribution in [1.29, 1.82) is 0 Å². The number of carbonyl (C=O) groups excluding carboxylic acids is 1. The summed E-state index contributed by atoms with van der Waals surface area (Å²) in [5.74, 6) is -0.946. The number of nitrogens with zero attached hydrogens (tertiary/aromatic N) is 2. The second-order valence-electron chi connectivity index (χ2n) is 5.74. The topological polar surface area (TPSA) is 53.0 Å². The molecule has 122 valence electrons. The Hall–Kier alpha value is -1.50. The number of aliphatic hydroxyl groups excluding tert-OH is 1. The first-order chi connectivity index (χ1) is 10.5. The molecule has 1 amide bonds. The standard InChI is InChI=1S/C16H23FN2O3/c1-12-3-4-14(15(17)9-12)16(21)18(2)10-13(20)11-19-5-7-22-8-6-19/h3-4,9,13,20H,5-8,10-11H2,1-2H3. The van der Waals surface area contributed by atoms with Crippen molar-refractivity contribution in [2.75, 3.05) is 46.4 Å². The molecule has 0 radical (unpaired) electrons. The highest BCUT2D eigenvalue weighted by Crippen LogP contribution is 2.12. The highest BCUT2D eigenvalue weighted by molar-refractivity contribution is 5.94. The third kappa shape index (κ3) is 4.50. The van der Waals surface area contributed by atoms with Gasteiger partial charge in [0.05, 0.1) is 24.9 Å². The second-order valence-corrected chi connectivity index (χ2v) is 5.74. The largest absolute Gasteiger partial charge is 0.390 e. The van der Waals surface area contributed by atoms with Crippen molar-refractivity contribution in [3.8, 4) is 0 Å². The highest BCUT2D eigenvalue weighted by atomic mass is 19.1. The van der Waals surface area contributed by atoms with Gasteiger partial charge in [-0.05, 0) is 24.6 Å². The molecule has 0 aliphatic carbocycles. The monoisotopic (exact) mass is 310 g/mol. The lowest BCUT2D eigenvalue weighted by Gasteiger charge is -2.30. The van der Waals surface area contributed by atoms with Gasteiger partial charge in [0.25, 0.3) is 5.91 Å². The molecular weight excluding hydrogens is 287 g/mol. The molecule has 1 aromatic rings. The number of likely N-dealkylation sites (N-methyl/N-ethyl adjacent to an activating group) is 1. The van der Waals surface area contributed by atoms with Crippen LogP contribution in [0.5, 0.6) is 0 Å². The van der Waals surface area contributed by atoms with E-state index in [-0.39, 0.29) is 12.1 Å². The van der Waals surface area contributed by atoms with E-state index in [0.29, 0.717) is 19.8 Å². The lowest BCUT2D eigenvalue weighted by atomic mass is 10.1. The van der Waals surface area contributed by atoms with E-state index in [2.05, 4.69) is 4.90 Å². The Morgan fingerprint density at radius 2 is 2.14 bits per heavy atom. The summed E-state index contributed by atoms with van der Waals surface area (Å²) in [7, 11) is 1.57. The fraction of sp³-hybridized carbons (Fsp3) is 0.562. The summed E-state index contributed by atoms with van der Waals surface area (Å²) in [6.45, 7) is 5.31. The van der Waals surface area contributed by atoms with Crippen molar-refractivity contribution < 1.29 is 19.0 Å². The van der Waals surface area contributed by atoms with Crippen LogP contribution < -0.4 is 0 Å². The number of β-amino-alcohol motifs (C(OH)–C–C–N with tert-alkyl or cyclic N) is 1. The van der Waals surface area contributed by atoms with E-state index in [1.807, 2.05) is 0 Å². The minimum Gasteiger partial charge on any atom is -0.390 e. The molecule has 1 N–H and O–H groups in total. The molecule has 2 rings (SSSR count). The van der Waals surface area contributed by atoms with Gasteiger partial charge >= 0.3 is 0 Å². The number of hydrogen-bond acceptors (Lipinski definition) is 4. The average Bonchev–Trinajstić information content (AvgIpc) is 2.47. The molecule has 0 saturated carbocycles. The Balaban J connectivity index is 1.89. The minimum atomic E-state index is -0.666. The maximum absolute atomic E-state index is 13.8. The normalized spacial score (nSPS) is 17.3. The average molecular weight is 310 g/mol. The van der Waals surface area contributed by atoms with E-state index in [1.165, 1.54) is 17.0 Å². The van der Waals surface area contributed by atoms with Gasteiger partial charge in [0.1, 0.15) is 5.82 Å². The van der Waals surface area contributed by atoms with E-state index in [9.17, 15) is 14.3 Å². The van der Waals surface area contributed by atoms with Crippen LogP contribution >= 0.6 is 0 Å². The van der Waals surface area contributed by atoms with Gasteiger partial charge in [-0.25, -0.2) is 4.39 Å². The zero-order chi connectivity index (χ0) is 16.1. The van der Waals surface area contributed by atoms with E-state index < -0.39 is 17.8 Å². The maximum atomic E-state index is 13.8. The fourth-order valence-electron chi connectivity index (χ4n) is 2.54. The Kier molecular flexibility index (Phi) is 5.88. The summed E-state index contributed by atoms with van der Waals surface area (Å²) in [5.41, 5.74) is 0.802. The molecule has 1 fully saturated rings. The first-order valence-electron chi connectivity index (χ1n) is 7.47. The zero-order valence-electron chi connectivity index (χ0n) is 13.1. The third-order valence-corrected chi connectivity index (χ3v) is 3.76. The van der Waals surface area contributed by atoms with Crippen molar-refractivity contribution in [3.63, 3.8) is 0 Å². The Bertz CT molecular complexity index is 518. The van der Waals surface area contributed by atoms with Gasteiger partial charge in [-0.2, -0.15) is 0 Å². The predicted octanol–water partition coefficient (Wildman–Crippen LogP) is 0.899. The van der Waals surface area contributed by atoms with E-state index in [0.717, 1.165) is 18.7 Å². The van der Waals surface area contributed by atoms with Crippen LogP contribution in [0.3, 0.4) is 0 Å². The number of halogens is 1. The fourth-order valence-corrected chi connectivity index (χ4v) is 2.54. The summed E-state index contributed by atoms with van der Waals surface area (Å²) in [6, 6.07) is 4.53. The van der Waals surface area contributed by atoms with Gasteiger partial charge in [-0.15, -0.1) is 0 Å². The van der Waals surface area contributed by atoms with Gasteiger partial charge in [0.15, 0.2) is 0 Å². The number of carbonyl (C=O) groups is 1. The Morgan fingerprint density at radius 1 is 1.45 bits per heavy atom. The molecule has 0 bridgehead atoms. The van der Waals surface area contributed by atoms with E-state index in [1.54, 1.807) is 20.0 Å². The predicted molar refractivity (Wildman–Crippen MR) is 81.4 cm³/mol. The minimum absolute atomic E-state index is 0.0340. The summed E-state index contributed by atoms with van der Waals surface area (Å²) < 4.78 is 19.1. The van der Waals surface area contributed by atoms with Crippen LogP contribution in [0.15, 0.2) is 18.2 Å². The van der Waals surface area contributed by atoms with Crippen LogP contribution in [0.1, 0.15) is 15.9 Å². The first kappa shape index (κ1) is 16.9. The lowest BCUT2D eigenvalue weighted by Crippen LogP contribution is -2.45. The van der Waals surface area contributed by atoms with Crippen LogP contribution in [0, 0.1) is 12.7 Å². The number of amides is 1. The quantitative estimate of drug-likeness (QED) is 0.878. The van der Waals surface area contributed by atoms with Gasteiger partial charge in [-0.3, -0.25) is 9.69 Å². The highest BCUT2D eigenvalue weighted by Gasteiger charge is 2.21. The molecule has 1 aliphatic heterocycles. The third-order valence-electron chi connectivity index (χ3n) is 3.76. The zero-order valence-corrected chi connectivity index (χ0v) is 13.1. The first-order valence-corrected chi connectivity index (χ1v) is 7.47. The van der Waals surface area contributed by atoms with Crippen molar-refractivity contribution in [2.24, 2.45) is 0 Å². The van der Waals surface area contributed by atoms with Crippen molar-refractivity contribution in [3.05, 3.63) is 35.1 Å². The second kappa shape index (κ2) is 7.67. The van der Waals surface area contributed by atoms with Crippen LogP contribution in [-0.4, -0.2) is 73.4 Å². The van der Waals surface area contributed by atoms with Gasteiger partial charge in [-0.1, -0.05) is 6.07 Å². The molecule has 1 heterocycles. The molecule has 0 spiro atoms. The SMILES string of the molecule is Cc1ccc(C(=O)N(C)CC(O)CN2CCOCC2)c(F)c1. The molecule has 1 atom stereocenters. The van der Waals surface area contributed by atoms with Crippen molar-refractivity contribution >= 4 is 5.91 Å². The molecule has 22 heavy (non-hydrogen) atoms. The van der Waals surface area contributed by atoms with E-state index >= 15 is 0 Å². The molecule has 1 unspecified atom stereocenters.